The predicted molar refractivity (Wildman–Crippen MR) is 110 cm³/mol. The third kappa shape index (κ3) is 6.34. The molecule has 18 nitrogen and oxygen atoms in total. The van der Waals surface area contributed by atoms with Crippen LogP contribution in [0.1, 0.15) is 0 Å². The van der Waals surface area contributed by atoms with Gasteiger partial charge in [-0.3, -0.25) is 4.18 Å². The van der Waals surface area contributed by atoms with Gasteiger partial charge in [-0.15, -0.1) is 4.33 Å². The van der Waals surface area contributed by atoms with Gasteiger partial charge < -0.3 is 56.9 Å². The Bertz CT molecular complexity index is 948. The van der Waals surface area contributed by atoms with E-state index in [4.69, 9.17) is 42.8 Å². The molecule has 3 aliphatic rings. The van der Waals surface area contributed by atoms with E-state index in [9.17, 15) is 31.6 Å². The summed E-state index contributed by atoms with van der Waals surface area (Å²) in [5.74, 6) is -5.55. The Labute approximate surface area is 219 Å². The average Bonchev–Trinajstić information content (AvgIpc) is 3.50. The fraction of sp³-hybridized carbons (Fsp3) is 0.944. The molecule has 1 saturated carbocycles. The number of methoxy groups -OCH3 is 5. The van der Waals surface area contributed by atoms with Crippen molar-refractivity contribution in [1.82, 2.24) is 0 Å². The number of rotatable bonds is 14. The summed E-state index contributed by atoms with van der Waals surface area (Å²) in [6.45, 7) is -0.237. The topological polar surface area (TPSA) is 239 Å². The van der Waals surface area contributed by atoms with E-state index < -0.39 is 94.6 Å². The van der Waals surface area contributed by atoms with Gasteiger partial charge in [0.05, 0.1) is 24.4 Å². The molecule has 0 radical (unpaired) electrons. The van der Waals surface area contributed by atoms with Crippen LogP contribution in [-0.2, 0) is 77.9 Å². The van der Waals surface area contributed by atoms with Gasteiger partial charge in [0.15, 0.2) is 30.6 Å². The number of carbonyl (C=O) groups excluding carboxylic acids is 1. The zero-order valence-corrected chi connectivity index (χ0v) is 22.3. The van der Waals surface area contributed by atoms with Crippen LogP contribution in [0, 0.1) is 11.8 Å². The first kappa shape index (κ1) is 31.6. The normalized spacial score (nSPS) is 41.9. The molecular formula is C18H27O18S2-3. The Kier molecular flexibility index (Phi) is 10.6. The summed E-state index contributed by atoms with van der Waals surface area (Å²) in [4.78, 5) is 16.7. The van der Waals surface area contributed by atoms with Crippen molar-refractivity contribution < 1.29 is 82.9 Å². The lowest BCUT2D eigenvalue weighted by Crippen LogP contribution is -2.63. The number of fused-ring (bicyclic) bond motifs is 1. The summed E-state index contributed by atoms with van der Waals surface area (Å²) in [6.07, 6.45) is -12.0. The van der Waals surface area contributed by atoms with E-state index in [0.29, 0.717) is 0 Å². The summed E-state index contributed by atoms with van der Waals surface area (Å²) < 4.78 is 109. The van der Waals surface area contributed by atoms with Gasteiger partial charge in [-0.1, -0.05) is 0 Å². The SMILES string of the molecule is COCC1O[C@@H](OC2(OC)[C@@H]3C(C(=O)[O-])O[C@@H](OC)C(OC)[C@H]32)C(OS(=O)(=O)[O-])[C@@H](OOS(=O)[O-])[C@@H]1OC. The second-order valence-corrected chi connectivity index (χ2v) is 9.83. The van der Waals surface area contributed by atoms with E-state index in [-0.39, 0.29) is 6.61 Å². The van der Waals surface area contributed by atoms with E-state index >= 15 is 0 Å². The van der Waals surface area contributed by atoms with Crippen molar-refractivity contribution in [1.29, 1.82) is 0 Å². The summed E-state index contributed by atoms with van der Waals surface area (Å²) in [5.41, 5.74) is 0. The summed E-state index contributed by atoms with van der Waals surface area (Å²) in [7, 11) is 0.625. The maximum atomic E-state index is 11.9. The molecule has 0 aromatic rings. The zero-order valence-electron chi connectivity index (χ0n) is 20.6. The van der Waals surface area contributed by atoms with Crippen molar-refractivity contribution in [2.45, 2.75) is 55.0 Å². The van der Waals surface area contributed by atoms with Gasteiger partial charge in [-0.2, -0.15) is 0 Å². The van der Waals surface area contributed by atoms with Gasteiger partial charge in [0.1, 0.15) is 35.8 Å². The third-order valence-electron chi connectivity index (χ3n) is 6.42. The van der Waals surface area contributed by atoms with Crippen molar-refractivity contribution in [2.24, 2.45) is 11.8 Å². The molecule has 2 heterocycles. The van der Waals surface area contributed by atoms with Crippen LogP contribution in [-0.4, -0.2) is 125 Å². The first-order chi connectivity index (χ1) is 17.9. The van der Waals surface area contributed by atoms with E-state index in [0.717, 1.165) is 14.2 Å². The molecule has 0 spiro atoms. The average molecular weight is 596 g/mol. The molecular weight excluding hydrogens is 568 g/mol. The van der Waals surface area contributed by atoms with Crippen LogP contribution in [0.4, 0.5) is 0 Å². The minimum atomic E-state index is -5.51. The Hall–Kier alpha value is -0.950. The number of carbonyl (C=O) groups is 1. The molecule has 2 aliphatic heterocycles. The molecule has 0 N–H and O–H groups in total. The fourth-order valence-corrected chi connectivity index (χ4v) is 5.62. The quantitative estimate of drug-likeness (QED) is 0.0465. The molecule has 0 amide bonds. The van der Waals surface area contributed by atoms with E-state index in [1.54, 1.807) is 0 Å². The highest BCUT2D eigenvalue weighted by Gasteiger charge is 2.78. The van der Waals surface area contributed by atoms with Gasteiger partial charge in [-0.05, 0) is 0 Å². The first-order valence-corrected chi connectivity index (χ1v) is 13.1. The maximum absolute atomic E-state index is 11.9. The molecule has 222 valence electrons. The smallest absolute Gasteiger partial charge is 0.218 e. The van der Waals surface area contributed by atoms with Crippen LogP contribution in [0.25, 0.3) is 0 Å². The second-order valence-electron chi connectivity index (χ2n) is 8.28. The molecule has 12 atom stereocenters. The molecule has 20 heteroatoms. The molecule has 1 aliphatic carbocycles. The van der Waals surface area contributed by atoms with Gasteiger partial charge in [0.25, 0.3) is 0 Å². The number of ether oxygens (including phenoxy) is 8. The first-order valence-electron chi connectivity index (χ1n) is 10.8. The Morgan fingerprint density at radius 1 is 0.947 bits per heavy atom. The maximum Gasteiger partial charge on any atom is 0.218 e. The molecule has 2 saturated heterocycles. The van der Waals surface area contributed by atoms with Crippen LogP contribution in [0.2, 0.25) is 0 Å². The highest BCUT2D eigenvalue weighted by Crippen LogP contribution is 2.63. The lowest BCUT2D eigenvalue weighted by atomic mass is 9.99. The van der Waals surface area contributed by atoms with Crippen LogP contribution < -0.4 is 5.11 Å². The Morgan fingerprint density at radius 3 is 2.08 bits per heavy atom. The molecule has 3 rings (SSSR count). The lowest BCUT2D eigenvalue weighted by Gasteiger charge is -2.45. The molecule has 3 fully saturated rings. The van der Waals surface area contributed by atoms with Crippen LogP contribution in [0.15, 0.2) is 0 Å². The molecule has 38 heavy (non-hydrogen) atoms. The van der Waals surface area contributed by atoms with Gasteiger partial charge >= 0.3 is 0 Å². The van der Waals surface area contributed by atoms with Crippen molar-refractivity contribution in [3.63, 3.8) is 0 Å². The van der Waals surface area contributed by atoms with Gasteiger partial charge in [0, 0.05) is 35.5 Å². The Morgan fingerprint density at radius 2 is 1.61 bits per heavy atom. The molecule has 0 bridgehead atoms. The highest BCUT2D eigenvalue weighted by molar-refractivity contribution is 7.80. The van der Waals surface area contributed by atoms with Crippen molar-refractivity contribution in [2.75, 3.05) is 42.2 Å². The van der Waals surface area contributed by atoms with Crippen molar-refractivity contribution in [3.05, 3.63) is 0 Å². The second kappa shape index (κ2) is 12.7. The molecule has 0 aromatic carbocycles. The van der Waals surface area contributed by atoms with E-state index in [1.165, 1.54) is 21.3 Å². The zero-order chi connectivity index (χ0) is 28.4. The predicted octanol–water partition coefficient (Wildman–Crippen LogP) is -3.93. The Balaban J connectivity index is 2.03. The third-order valence-corrected chi connectivity index (χ3v) is 7.07. The number of hydrogen-bond donors (Lipinski definition) is 0. The molecule has 0 aromatic heterocycles. The van der Waals surface area contributed by atoms with Crippen molar-refractivity contribution >= 4 is 27.7 Å². The van der Waals surface area contributed by atoms with Crippen LogP contribution >= 0.6 is 0 Å². The van der Waals surface area contributed by atoms with Crippen LogP contribution in [0.3, 0.4) is 0 Å². The lowest BCUT2D eigenvalue weighted by molar-refractivity contribution is -0.383. The molecule has 6 unspecified atom stereocenters. The largest absolute Gasteiger partial charge is 0.748 e. The number of hydrogen-bond acceptors (Lipinski definition) is 18. The number of carboxylic acids is 1. The minimum absolute atomic E-state index is 0.237. The van der Waals surface area contributed by atoms with Gasteiger partial charge in [0.2, 0.25) is 10.4 Å². The number of carboxylic acid groups (broad SMARTS) is 1. The summed E-state index contributed by atoms with van der Waals surface area (Å²) in [6, 6.07) is 0. The standard InChI is InChI=1S/C18H30O18S2/c1-26-6-7-10(27-2)13(34-36-37(21)22)14(35-38(23,24)25)17(31-7)33-18(30-5)8-9(18)12(28-3)16(29-4)32-11(8)15(19)20/h7-14,16-17H,6H2,1-5H3,(H,19,20)(H,21,22)(H,23,24,25)/p-3/t7?,8-,9-,10+,11?,12?,13-,14?,16+,17-,18?/m0/s1. The fourth-order valence-electron chi connectivity index (χ4n) is 4.99. The minimum Gasteiger partial charge on any atom is -0.748 e. The number of aliphatic carboxylic acids is 1. The van der Waals surface area contributed by atoms with E-state index in [1.807, 2.05) is 0 Å². The van der Waals surface area contributed by atoms with Crippen LogP contribution in [0.5, 0.6) is 0 Å². The summed E-state index contributed by atoms with van der Waals surface area (Å²) >= 11 is -3.25. The summed E-state index contributed by atoms with van der Waals surface area (Å²) in [5, 5.41) is 11.9. The van der Waals surface area contributed by atoms with Crippen molar-refractivity contribution in [3.8, 4) is 0 Å². The van der Waals surface area contributed by atoms with E-state index in [2.05, 4.69) is 8.52 Å². The van der Waals surface area contributed by atoms with Gasteiger partial charge in [-0.25, -0.2) is 17.5 Å². The monoisotopic (exact) mass is 595 g/mol. The highest BCUT2D eigenvalue weighted by atomic mass is 32.3.